The fourth-order valence-electron chi connectivity index (χ4n) is 4.66. The first-order valence-corrected chi connectivity index (χ1v) is 13.8. The van der Waals surface area contributed by atoms with Gasteiger partial charge in [-0.25, -0.2) is 0 Å². The molecule has 178 valence electrons. The van der Waals surface area contributed by atoms with E-state index in [4.69, 9.17) is 9.47 Å². The van der Waals surface area contributed by atoms with Gasteiger partial charge in [-0.15, -0.1) is 0 Å². The molecular formula is C25H43O5P. The van der Waals surface area contributed by atoms with Crippen LogP contribution in [0.5, 0.6) is 11.5 Å². The van der Waals surface area contributed by atoms with E-state index in [-0.39, 0.29) is 11.8 Å². The van der Waals surface area contributed by atoms with Gasteiger partial charge in [0.2, 0.25) is 0 Å². The van der Waals surface area contributed by atoms with Crippen molar-refractivity contribution in [2.75, 3.05) is 6.16 Å². The average Bonchev–Trinajstić information content (AvgIpc) is 2.67. The molecule has 31 heavy (non-hydrogen) atoms. The SMILES string of the molecule is CCCCCCCCCC1(C)CCc2c(C)c(OC(C)CP(=O)(O)O)c(C)c(C)c2O1. The van der Waals surface area contributed by atoms with Gasteiger partial charge in [0.15, 0.2) is 0 Å². The Labute approximate surface area is 189 Å². The molecule has 5 nitrogen and oxygen atoms in total. The van der Waals surface area contributed by atoms with Crippen molar-refractivity contribution in [1.29, 1.82) is 0 Å². The lowest BCUT2D eigenvalue weighted by Gasteiger charge is -2.38. The predicted octanol–water partition coefficient (Wildman–Crippen LogP) is 6.78. The average molecular weight is 455 g/mol. The van der Waals surface area contributed by atoms with Gasteiger partial charge in [0.1, 0.15) is 23.2 Å². The summed E-state index contributed by atoms with van der Waals surface area (Å²) in [7, 11) is -4.11. The van der Waals surface area contributed by atoms with E-state index in [1.165, 1.54) is 50.5 Å². The molecule has 0 saturated heterocycles. The van der Waals surface area contributed by atoms with E-state index in [0.717, 1.165) is 47.5 Å². The zero-order chi connectivity index (χ0) is 23.2. The van der Waals surface area contributed by atoms with Gasteiger partial charge in [-0.05, 0) is 77.0 Å². The highest BCUT2D eigenvalue weighted by atomic mass is 31.2. The van der Waals surface area contributed by atoms with Gasteiger partial charge in [0.05, 0.1) is 6.16 Å². The molecule has 2 unspecified atom stereocenters. The van der Waals surface area contributed by atoms with Crippen molar-refractivity contribution in [3.05, 3.63) is 22.3 Å². The normalized spacial score (nSPS) is 19.6. The van der Waals surface area contributed by atoms with Crippen LogP contribution in [0.4, 0.5) is 0 Å². The fourth-order valence-corrected chi connectivity index (χ4v) is 5.41. The minimum atomic E-state index is -4.11. The minimum Gasteiger partial charge on any atom is -0.489 e. The Bertz CT molecular complexity index is 785. The predicted molar refractivity (Wildman–Crippen MR) is 128 cm³/mol. The number of ether oxygens (including phenoxy) is 2. The lowest BCUT2D eigenvalue weighted by molar-refractivity contribution is 0.0520. The molecule has 2 atom stereocenters. The molecule has 0 aromatic heterocycles. The quantitative estimate of drug-likeness (QED) is 0.269. The van der Waals surface area contributed by atoms with E-state index in [0.29, 0.717) is 0 Å². The van der Waals surface area contributed by atoms with Crippen molar-refractivity contribution < 1.29 is 23.8 Å². The van der Waals surface area contributed by atoms with Crippen LogP contribution in [0.1, 0.15) is 101 Å². The summed E-state index contributed by atoms with van der Waals surface area (Å²) in [6, 6.07) is 0. The third-order valence-corrected chi connectivity index (χ3v) is 7.68. The van der Waals surface area contributed by atoms with Crippen LogP contribution >= 0.6 is 7.60 Å². The standard InChI is InChI=1S/C25H43O5P/c1-7-8-9-10-11-12-13-15-25(6)16-14-22-21(5)23(19(3)20(4)24(22)30-25)29-18(2)17-31(26,27)28/h18H,7-17H2,1-6H3,(H2,26,27,28). The largest absolute Gasteiger partial charge is 0.489 e. The molecule has 1 aliphatic heterocycles. The van der Waals surface area contributed by atoms with Crippen LogP contribution in [0.2, 0.25) is 0 Å². The highest BCUT2D eigenvalue weighted by Crippen LogP contribution is 2.45. The third-order valence-electron chi connectivity index (χ3n) is 6.69. The smallest absolute Gasteiger partial charge is 0.329 e. The highest BCUT2D eigenvalue weighted by molar-refractivity contribution is 7.51. The monoisotopic (exact) mass is 454 g/mol. The minimum absolute atomic E-state index is 0.129. The number of fused-ring (bicyclic) bond motifs is 1. The maximum Gasteiger partial charge on any atom is 0.329 e. The molecule has 1 aliphatic rings. The summed E-state index contributed by atoms with van der Waals surface area (Å²) in [4.78, 5) is 18.5. The van der Waals surface area contributed by atoms with Crippen LogP contribution in [0.25, 0.3) is 0 Å². The van der Waals surface area contributed by atoms with Gasteiger partial charge in [0, 0.05) is 5.56 Å². The summed E-state index contributed by atoms with van der Waals surface area (Å²) in [6.07, 6.45) is 11.3. The summed E-state index contributed by atoms with van der Waals surface area (Å²) in [5.74, 6) is 1.73. The lowest BCUT2D eigenvalue weighted by atomic mass is 9.84. The van der Waals surface area contributed by atoms with Crippen LogP contribution in [0.15, 0.2) is 0 Å². The van der Waals surface area contributed by atoms with Crippen molar-refractivity contribution in [3.63, 3.8) is 0 Å². The number of unbranched alkanes of at least 4 members (excludes halogenated alkanes) is 6. The Kier molecular flexibility index (Phi) is 9.48. The molecule has 1 aromatic carbocycles. The Morgan fingerprint density at radius 3 is 2.26 bits per heavy atom. The summed E-state index contributed by atoms with van der Waals surface area (Å²) < 4.78 is 24.0. The fraction of sp³-hybridized carbons (Fsp3) is 0.760. The second-order valence-corrected chi connectivity index (χ2v) is 11.4. The second-order valence-electron chi connectivity index (χ2n) is 9.71. The van der Waals surface area contributed by atoms with Crippen molar-refractivity contribution in [3.8, 4) is 11.5 Å². The highest BCUT2D eigenvalue weighted by Gasteiger charge is 2.34. The molecule has 0 radical (unpaired) electrons. The van der Waals surface area contributed by atoms with Crippen molar-refractivity contribution in [1.82, 2.24) is 0 Å². The van der Waals surface area contributed by atoms with E-state index >= 15 is 0 Å². The first-order valence-electron chi connectivity index (χ1n) is 12.0. The Morgan fingerprint density at radius 1 is 1.03 bits per heavy atom. The molecule has 2 N–H and O–H groups in total. The first-order chi connectivity index (χ1) is 14.5. The van der Waals surface area contributed by atoms with Crippen molar-refractivity contribution in [2.45, 2.75) is 117 Å². The second kappa shape index (κ2) is 11.2. The zero-order valence-electron chi connectivity index (χ0n) is 20.4. The van der Waals surface area contributed by atoms with Crippen LogP contribution in [-0.2, 0) is 11.0 Å². The zero-order valence-corrected chi connectivity index (χ0v) is 21.3. The third kappa shape index (κ3) is 7.51. The Hall–Kier alpha value is -1.03. The maximum atomic E-state index is 11.3. The maximum absolute atomic E-state index is 11.3. The number of hydrogen-bond donors (Lipinski definition) is 2. The van der Waals surface area contributed by atoms with Gasteiger partial charge >= 0.3 is 7.60 Å². The topological polar surface area (TPSA) is 76.0 Å². The van der Waals surface area contributed by atoms with Crippen LogP contribution < -0.4 is 9.47 Å². The van der Waals surface area contributed by atoms with Gasteiger partial charge < -0.3 is 19.3 Å². The molecule has 0 amide bonds. The first kappa shape index (κ1) is 26.2. The molecule has 2 rings (SSSR count). The Morgan fingerprint density at radius 2 is 1.65 bits per heavy atom. The van der Waals surface area contributed by atoms with E-state index in [1.54, 1.807) is 6.92 Å². The number of benzene rings is 1. The van der Waals surface area contributed by atoms with E-state index in [2.05, 4.69) is 20.8 Å². The molecule has 0 fully saturated rings. The summed E-state index contributed by atoms with van der Waals surface area (Å²) in [5, 5.41) is 0. The molecule has 0 saturated carbocycles. The van der Waals surface area contributed by atoms with Gasteiger partial charge in [-0.3, -0.25) is 4.57 Å². The van der Waals surface area contributed by atoms with E-state index in [9.17, 15) is 14.4 Å². The summed E-state index contributed by atoms with van der Waals surface area (Å²) in [5.41, 5.74) is 4.15. The van der Waals surface area contributed by atoms with Crippen LogP contribution in [0.3, 0.4) is 0 Å². The molecular weight excluding hydrogens is 411 g/mol. The molecule has 6 heteroatoms. The molecule has 0 bridgehead atoms. The number of hydrogen-bond acceptors (Lipinski definition) is 3. The molecule has 0 aliphatic carbocycles. The molecule has 0 spiro atoms. The summed E-state index contributed by atoms with van der Waals surface area (Å²) >= 11 is 0. The van der Waals surface area contributed by atoms with Gasteiger partial charge in [0.25, 0.3) is 0 Å². The molecule has 1 aromatic rings. The van der Waals surface area contributed by atoms with Crippen LogP contribution in [-0.4, -0.2) is 27.7 Å². The van der Waals surface area contributed by atoms with Crippen molar-refractivity contribution in [2.24, 2.45) is 0 Å². The number of rotatable bonds is 12. The molecule has 1 heterocycles. The van der Waals surface area contributed by atoms with E-state index < -0.39 is 13.7 Å². The van der Waals surface area contributed by atoms with Crippen molar-refractivity contribution >= 4 is 7.60 Å². The van der Waals surface area contributed by atoms with Gasteiger partial charge in [-0.2, -0.15) is 0 Å². The van der Waals surface area contributed by atoms with E-state index in [1.807, 2.05) is 13.8 Å². The Balaban J connectivity index is 2.07. The summed E-state index contributed by atoms with van der Waals surface area (Å²) in [6.45, 7) is 12.3. The van der Waals surface area contributed by atoms with Crippen LogP contribution in [0, 0.1) is 20.8 Å². The lowest BCUT2D eigenvalue weighted by Crippen LogP contribution is -2.37. The van der Waals surface area contributed by atoms with Gasteiger partial charge in [-0.1, -0.05) is 45.4 Å².